The van der Waals surface area contributed by atoms with Crippen molar-refractivity contribution in [3.05, 3.63) is 83.3 Å². The lowest BCUT2D eigenvalue weighted by molar-refractivity contribution is -0.116. The molecule has 2 unspecified atom stereocenters. The molecule has 5 rings (SSSR count). The maximum absolute atomic E-state index is 13.3. The zero-order valence-corrected chi connectivity index (χ0v) is 16.2. The Labute approximate surface area is 169 Å². The first-order valence-corrected chi connectivity index (χ1v) is 9.95. The van der Waals surface area contributed by atoms with Crippen LogP contribution in [0.4, 0.5) is 5.95 Å². The third-order valence-electron chi connectivity index (χ3n) is 5.64. The van der Waals surface area contributed by atoms with Crippen molar-refractivity contribution in [2.24, 2.45) is 0 Å². The second-order valence-electron chi connectivity index (χ2n) is 7.39. The fourth-order valence-electron chi connectivity index (χ4n) is 4.33. The minimum Gasteiger partial charge on any atom is -0.494 e. The monoisotopic (exact) mass is 386 g/mol. The number of hydrogen-bond acceptors (Lipinski definition) is 5. The minimum atomic E-state index is -0.274. The Morgan fingerprint density at radius 1 is 1.07 bits per heavy atom. The van der Waals surface area contributed by atoms with Crippen LogP contribution in [-0.2, 0) is 4.79 Å². The summed E-state index contributed by atoms with van der Waals surface area (Å²) < 4.78 is 7.37. The van der Waals surface area contributed by atoms with Gasteiger partial charge in [-0.15, -0.1) is 0 Å². The number of aromatic nitrogens is 3. The molecule has 1 aliphatic carbocycles. The summed E-state index contributed by atoms with van der Waals surface area (Å²) in [7, 11) is 0. The van der Waals surface area contributed by atoms with Crippen molar-refractivity contribution in [3.8, 4) is 5.75 Å². The van der Waals surface area contributed by atoms with Gasteiger partial charge in [0.05, 0.1) is 6.61 Å². The summed E-state index contributed by atoms with van der Waals surface area (Å²) in [6, 6.07) is 17.9. The van der Waals surface area contributed by atoms with Gasteiger partial charge in [0.25, 0.3) is 0 Å². The topological polar surface area (TPSA) is 69.0 Å². The summed E-state index contributed by atoms with van der Waals surface area (Å²) >= 11 is 0. The first-order valence-electron chi connectivity index (χ1n) is 9.95. The molecule has 6 heteroatoms. The fraction of sp³-hybridized carbons (Fsp3) is 0.261. The summed E-state index contributed by atoms with van der Waals surface area (Å²) in [4.78, 5) is 17.7. The predicted molar refractivity (Wildman–Crippen MR) is 110 cm³/mol. The van der Waals surface area contributed by atoms with Gasteiger partial charge < -0.3 is 10.1 Å². The molecule has 29 heavy (non-hydrogen) atoms. The van der Waals surface area contributed by atoms with Gasteiger partial charge in [0, 0.05) is 17.7 Å². The van der Waals surface area contributed by atoms with E-state index in [9.17, 15) is 4.79 Å². The van der Waals surface area contributed by atoms with Gasteiger partial charge in [0.2, 0.25) is 5.95 Å². The molecule has 0 bridgehead atoms. The Kier molecular flexibility index (Phi) is 4.39. The van der Waals surface area contributed by atoms with Crippen LogP contribution in [0.15, 0.2) is 72.2 Å². The molecule has 1 aromatic heterocycles. The van der Waals surface area contributed by atoms with Crippen molar-refractivity contribution in [3.63, 3.8) is 0 Å². The van der Waals surface area contributed by atoms with Crippen LogP contribution in [0.5, 0.6) is 5.75 Å². The molecule has 0 saturated heterocycles. The Morgan fingerprint density at radius 3 is 2.62 bits per heavy atom. The molecular formula is C23H22N4O2. The van der Waals surface area contributed by atoms with Gasteiger partial charge in [-0.2, -0.15) is 10.1 Å². The highest BCUT2D eigenvalue weighted by atomic mass is 16.5. The lowest BCUT2D eigenvalue weighted by atomic mass is 9.78. The van der Waals surface area contributed by atoms with Crippen molar-refractivity contribution in [2.75, 3.05) is 11.9 Å². The first kappa shape index (κ1) is 17.7. The molecule has 6 nitrogen and oxygen atoms in total. The molecule has 2 heterocycles. The molecule has 0 spiro atoms. The molecule has 1 N–H and O–H groups in total. The number of allylic oxidation sites excluding steroid dienone is 2. The summed E-state index contributed by atoms with van der Waals surface area (Å²) in [5.41, 5.74) is 3.94. The quantitative estimate of drug-likeness (QED) is 0.731. The van der Waals surface area contributed by atoms with Crippen LogP contribution >= 0.6 is 0 Å². The van der Waals surface area contributed by atoms with Crippen molar-refractivity contribution < 1.29 is 9.53 Å². The van der Waals surface area contributed by atoms with Gasteiger partial charge in [-0.25, -0.2) is 4.68 Å². The molecule has 0 radical (unpaired) electrons. The molecule has 0 amide bonds. The van der Waals surface area contributed by atoms with E-state index >= 15 is 0 Å². The number of nitrogens with one attached hydrogen (secondary N) is 1. The number of ketones is 1. The Balaban J connectivity index is 1.56. The molecule has 1 aliphatic heterocycles. The number of benzene rings is 2. The van der Waals surface area contributed by atoms with E-state index in [1.54, 1.807) is 4.68 Å². The zero-order chi connectivity index (χ0) is 19.8. The Hall–Kier alpha value is -3.41. The molecule has 146 valence electrons. The molecule has 0 fully saturated rings. The molecule has 2 aromatic carbocycles. The van der Waals surface area contributed by atoms with E-state index in [0.717, 1.165) is 29.0 Å². The maximum atomic E-state index is 13.3. The number of carbonyl (C=O) groups is 1. The third kappa shape index (κ3) is 3.10. The normalized spacial score (nSPS) is 20.7. The van der Waals surface area contributed by atoms with Crippen molar-refractivity contribution in [2.45, 2.75) is 31.7 Å². The van der Waals surface area contributed by atoms with Crippen LogP contribution < -0.4 is 10.1 Å². The average Bonchev–Trinajstić information content (AvgIpc) is 3.22. The van der Waals surface area contributed by atoms with Crippen molar-refractivity contribution >= 4 is 11.7 Å². The number of Topliss-reactive ketones (excluding diaryl/α,β-unsaturated/α-hetero) is 1. The highest BCUT2D eigenvalue weighted by molar-refractivity contribution is 6.00. The van der Waals surface area contributed by atoms with E-state index in [1.807, 2.05) is 49.4 Å². The second kappa shape index (κ2) is 7.20. The van der Waals surface area contributed by atoms with Crippen LogP contribution in [-0.4, -0.2) is 27.2 Å². The van der Waals surface area contributed by atoms with Crippen LogP contribution in [0.25, 0.3) is 0 Å². The lowest BCUT2D eigenvalue weighted by Gasteiger charge is -2.35. The van der Waals surface area contributed by atoms with Gasteiger partial charge in [0.1, 0.15) is 18.1 Å². The van der Waals surface area contributed by atoms with Crippen LogP contribution in [0, 0.1) is 0 Å². The van der Waals surface area contributed by atoms with Gasteiger partial charge in [-0.05, 0) is 42.5 Å². The van der Waals surface area contributed by atoms with Crippen LogP contribution in [0.1, 0.15) is 42.9 Å². The molecule has 2 atom stereocenters. The smallest absolute Gasteiger partial charge is 0.226 e. The number of nitrogens with zero attached hydrogens (tertiary/aromatic N) is 3. The lowest BCUT2D eigenvalue weighted by Crippen LogP contribution is -2.33. The number of anilines is 1. The second-order valence-corrected chi connectivity index (χ2v) is 7.39. The first-order chi connectivity index (χ1) is 14.2. The molecule has 2 aliphatic rings. The van der Waals surface area contributed by atoms with E-state index in [0.29, 0.717) is 19.0 Å². The molecule has 3 aromatic rings. The van der Waals surface area contributed by atoms with Crippen molar-refractivity contribution in [1.29, 1.82) is 0 Å². The highest BCUT2D eigenvalue weighted by Gasteiger charge is 2.39. The summed E-state index contributed by atoms with van der Waals surface area (Å²) in [5, 5.41) is 7.77. The van der Waals surface area contributed by atoms with E-state index in [4.69, 9.17) is 4.74 Å². The highest BCUT2D eigenvalue weighted by Crippen LogP contribution is 2.43. The number of carbonyl (C=O) groups excluding carboxylic acids is 1. The van der Waals surface area contributed by atoms with E-state index < -0.39 is 0 Å². The summed E-state index contributed by atoms with van der Waals surface area (Å²) in [5.74, 6) is 1.82. The molecule has 0 saturated carbocycles. The largest absolute Gasteiger partial charge is 0.494 e. The van der Waals surface area contributed by atoms with Gasteiger partial charge in [-0.1, -0.05) is 42.5 Å². The predicted octanol–water partition coefficient (Wildman–Crippen LogP) is 4.09. The summed E-state index contributed by atoms with van der Waals surface area (Å²) in [6.45, 7) is 2.58. The minimum absolute atomic E-state index is 0.160. The van der Waals surface area contributed by atoms with Gasteiger partial charge >= 0.3 is 0 Å². The van der Waals surface area contributed by atoms with E-state index in [2.05, 4.69) is 27.5 Å². The zero-order valence-electron chi connectivity index (χ0n) is 16.2. The number of hydrogen-bond donors (Lipinski definition) is 1. The van der Waals surface area contributed by atoms with Crippen LogP contribution in [0.2, 0.25) is 0 Å². The SMILES string of the molecule is CCOc1ccc(C2C3=C(CC(c4ccccc4)CC3=O)Nc3ncnn32)cc1. The summed E-state index contributed by atoms with van der Waals surface area (Å²) in [6.07, 6.45) is 2.81. The van der Waals surface area contributed by atoms with Crippen LogP contribution in [0.3, 0.4) is 0 Å². The van der Waals surface area contributed by atoms with Gasteiger partial charge in [-0.3, -0.25) is 4.79 Å². The fourth-order valence-corrected chi connectivity index (χ4v) is 4.33. The number of ether oxygens (including phenoxy) is 1. The third-order valence-corrected chi connectivity index (χ3v) is 5.64. The number of fused-ring (bicyclic) bond motifs is 1. The molecular weight excluding hydrogens is 364 g/mol. The van der Waals surface area contributed by atoms with E-state index in [1.165, 1.54) is 11.9 Å². The Bertz CT molecular complexity index is 1070. The number of rotatable bonds is 4. The van der Waals surface area contributed by atoms with Crippen molar-refractivity contribution in [1.82, 2.24) is 14.8 Å². The standard InChI is InChI=1S/C23H22N4O2/c1-2-29-18-10-8-16(9-11-18)22-21-19(26-23-24-14-25-27(22)23)12-17(13-20(21)28)15-6-4-3-5-7-15/h3-11,14,17,22H,2,12-13H2,1H3,(H,24,25,26). The van der Waals surface area contributed by atoms with E-state index in [-0.39, 0.29) is 17.7 Å². The average molecular weight is 386 g/mol. The maximum Gasteiger partial charge on any atom is 0.226 e. The Morgan fingerprint density at radius 2 is 1.86 bits per heavy atom. The van der Waals surface area contributed by atoms with Gasteiger partial charge in [0.15, 0.2) is 5.78 Å².